The van der Waals surface area contributed by atoms with Gasteiger partial charge in [-0.05, 0) is 0 Å². The number of hydrogen-bond donors (Lipinski definition) is 0. The van der Waals surface area contributed by atoms with Gasteiger partial charge in [0, 0.05) is 0 Å². The molecule has 4 nitrogen and oxygen atoms in total. The van der Waals surface area contributed by atoms with E-state index in [0.29, 0.717) is 0 Å². The van der Waals surface area contributed by atoms with Crippen LogP contribution in [0.25, 0.3) is 0 Å². The van der Waals surface area contributed by atoms with Crippen molar-refractivity contribution >= 4 is 18.2 Å². The molecule has 0 aromatic carbocycles. The average Bonchev–Trinajstić information content (AvgIpc) is 2.37. The first kappa shape index (κ1) is 14.0. The molecule has 0 N–H and O–H groups in total. The van der Waals surface area contributed by atoms with Gasteiger partial charge in [-0.2, -0.15) is 0 Å². The monoisotopic (exact) mass is 352 g/mol. The Kier molecular flexibility index (Phi) is 3.98. The van der Waals surface area contributed by atoms with Gasteiger partial charge >= 0.3 is 119 Å². The van der Waals surface area contributed by atoms with E-state index < -0.39 is 24.0 Å². The SMILES string of the molecule is [O-][Cl+3]([O-])([O-])O[Se]1=C2CCCCC2=CC2=C1CCCC2. The zero-order chi connectivity index (χ0) is 13.5. The molecule has 1 heterocycles. The average molecular weight is 352 g/mol. The van der Waals surface area contributed by atoms with Crippen LogP contribution in [0.5, 0.6) is 0 Å². The molecule has 1 unspecified atom stereocenters. The van der Waals surface area contributed by atoms with Crippen molar-refractivity contribution in [1.82, 2.24) is 0 Å². The molecule has 3 aliphatic rings. The number of hydrogen-bond acceptors (Lipinski definition) is 4. The van der Waals surface area contributed by atoms with Gasteiger partial charge in [-0.15, -0.1) is 0 Å². The summed E-state index contributed by atoms with van der Waals surface area (Å²) in [6, 6.07) is 0. The first-order chi connectivity index (χ1) is 9.04. The molecule has 0 saturated heterocycles. The zero-order valence-electron chi connectivity index (χ0n) is 10.7. The third-order valence-corrected chi connectivity index (χ3v) is 9.73. The third-order valence-electron chi connectivity index (χ3n) is 3.85. The fraction of sp³-hybridized carbons (Fsp3) is 0.615. The second-order valence-corrected chi connectivity index (χ2v) is 10.0. The van der Waals surface area contributed by atoms with Gasteiger partial charge in [-0.3, -0.25) is 0 Å². The van der Waals surface area contributed by atoms with Crippen LogP contribution < -0.4 is 14.0 Å². The van der Waals surface area contributed by atoms with Gasteiger partial charge in [-0.25, -0.2) is 0 Å². The summed E-state index contributed by atoms with van der Waals surface area (Å²) in [6.45, 7) is 0. The van der Waals surface area contributed by atoms with Crippen LogP contribution in [0.3, 0.4) is 0 Å². The summed E-state index contributed by atoms with van der Waals surface area (Å²) in [5, 5.41) is 0. The molecule has 0 bridgehead atoms. The van der Waals surface area contributed by atoms with Crippen LogP contribution >= 0.6 is 0 Å². The van der Waals surface area contributed by atoms with Crippen molar-refractivity contribution in [3.63, 3.8) is 0 Å². The first-order valence-corrected chi connectivity index (χ1v) is 10.3. The number of fused-ring (bicyclic) bond motifs is 1. The fourth-order valence-electron chi connectivity index (χ4n) is 3.04. The van der Waals surface area contributed by atoms with Crippen molar-refractivity contribution in [2.24, 2.45) is 0 Å². The Hall–Kier alpha value is -0.000519. The Labute approximate surface area is 119 Å². The molecule has 2 aliphatic carbocycles. The Balaban J connectivity index is 2.05. The van der Waals surface area contributed by atoms with E-state index in [9.17, 15) is 14.0 Å². The normalized spacial score (nSPS) is 27.8. The maximum absolute atomic E-state index is 11.0. The summed E-state index contributed by atoms with van der Waals surface area (Å²) in [7, 11) is -4.32. The first-order valence-electron chi connectivity index (χ1n) is 6.68. The molecule has 0 spiro atoms. The topological polar surface area (TPSA) is 78.4 Å². The van der Waals surface area contributed by atoms with E-state index in [0.717, 1.165) is 60.3 Å². The fourth-order valence-corrected chi connectivity index (χ4v) is 8.96. The van der Waals surface area contributed by atoms with Crippen LogP contribution in [0.4, 0.5) is 0 Å². The van der Waals surface area contributed by atoms with Crippen LogP contribution in [-0.4, -0.2) is 18.2 Å². The Morgan fingerprint density at radius 3 is 2.42 bits per heavy atom. The predicted molar refractivity (Wildman–Crippen MR) is 63.9 cm³/mol. The molecule has 1 saturated carbocycles. The molecule has 6 heteroatoms. The Bertz CT molecular complexity index is 487. The van der Waals surface area contributed by atoms with Gasteiger partial charge in [-0.1, -0.05) is 0 Å². The minimum atomic E-state index is -4.32. The summed E-state index contributed by atoms with van der Waals surface area (Å²) in [4.78, 5) is 0. The van der Waals surface area contributed by atoms with Crippen LogP contribution in [0.2, 0.25) is 0 Å². The van der Waals surface area contributed by atoms with Gasteiger partial charge < -0.3 is 0 Å². The van der Waals surface area contributed by atoms with Crippen LogP contribution in [0, 0.1) is 10.2 Å². The second-order valence-electron chi connectivity index (χ2n) is 5.17. The summed E-state index contributed by atoms with van der Waals surface area (Å²) in [5.41, 5.74) is 2.52. The molecule has 3 rings (SSSR count). The van der Waals surface area contributed by atoms with E-state index in [4.69, 9.17) is 3.37 Å². The van der Waals surface area contributed by atoms with Crippen molar-refractivity contribution in [3.05, 3.63) is 21.7 Å². The van der Waals surface area contributed by atoms with Gasteiger partial charge in [0.2, 0.25) is 0 Å². The zero-order valence-corrected chi connectivity index (χ0v) is 13.1. The Morgan fingerprint density at radius 1 is 0.947 bits per heavy atom. The van der Waals surface area contributed by atoms with Gasteiger partial charge in [0.1, 0.15) is 0 Å². The van der Waals surface area contributed by atoms with Crippen molar-refractivity contribution < 1.29 is 27.6 Å². The number of rotatable bonds is 2. The minimum absolute atomic E-state index is 0.901. The molecule has 1 fully saturated rings. The van der Waals surface area contributed by atoms with Crippen molar-refractivity contribution in [2.45, 2.75) is 51.4 Å². The molecule has 1 aliphatic heterocycles. The van der Waals surface area contributed by atoms with E-state index in [1.807, 2.05) is 0 Å². The molecule has 0 aromatic heterocycles. The van der Waals surface area contributed by atoms with Crippen LogP contribution in [0.15, 0.2) is 21.7 Å². The van der Waals surface area contributed by atoms with Crippen LogP contribution in [0.1, 0.15) is 51.4 Å². The summed E-state index contributed by atoms with van der Waals surface area (Å²) in [5.74, 6) is 0. The van der Waals surface area contributed by atoms with E-state index in [1.165, 1.54) is 11.1 Å². The van der Waals surface area contributed by atoms with Crippen LogP contribution in [-0.2, 0) is 3.37 Å². The molecular formula is C13H17ClO4Se. The summed E-state index contributed by atoms with van der Waals surface area (Å²) < 4.78 is 40.4. The van der Waals surface area contributed by atoms with E-state index in [1.54, 1.807) is 0 Å². The van der Waals surface area contributed by atoms with Crippen molar-refractivity contribution in [1.29, 1.82) is 0 Å². The number of allylic oxidation sites excluding steroid dienone is 4. The molecular weight excluding hydrogens is 335 g/mol. The maximum atomic E-state index is 11.0. The predicted octanol–water partition coefficient (Wildman–Crippen LogP) is -0.430. The molecule has 19 heavy (non-hydrogen) atoms. The van der Waals surface area contributed by atoms with E-state index in [2.05, 4.69) is 6.08 Å². The number of halogens is 1. The Morgan fingerprint density at radius 2 is 1.63 bits per heavy atom. The van der Waals surface area contributed by atoms with E-state index >= 15 is 0 Å². The summed E-state index contributed by atoms with van der Waals surface area (Å²) in [6.07, 6.45) is 10.5. The van der Waals surface area contributed by atoms with Crippen molar-refractivity contribution in [2.75, 3.05) is 0 Å². The van der Waals surface area contributed by atoms with Gasteiger partial charge in [0.05, 0.1) is 0 Å². The molecule has 1 atom stereocenters. The summed E-state index contributed by atoms with van der Waals surface area (Å²) >= 11 is -2.05. The quantitative estimate of drug-likeness (QED) is 0.632. The van der Waals surface area contributed by atoms with Gasteiger partial charge in [0.25, 0.3) is 0 Å². The molecule has 106 valence electrons. The molecule has 0 radical (unpaired) electrons. The third kappa shape index (κ3) is 3.03. The second kappa shape index (κ2) is 5.41. The van der Waals surface area contributed by atoms with E-state index in [-0.39, 0.29) is 0 Å². The molecule has 0 aromatic rings. The van der Waals surface area contributed by atoms with Gasteiger partial charge in [0.15, 0.2) is 0 Å². The standard InChI is InChI=1S/C13H17ClO4Se/c15-14(16,17)18-19-12-7-3-1-5-10(12)9-11-6-2-4-8-13(11)19/h9H,1-8H2. The van der Waals surface area contributed by atoms with Crippen molar-refractivity contribution in [3.8, 4) is 0 Å². The molecule has 0 amide bonds.